The Kier molecular flexibility index (Phi) is 6.23. The van der Waals surface area contributed by atoms with Crippen molar-refractivity contribution >= 4 is 17.6 Å². The van der Waals surface area contributed by atoms with E-state index in [1.807, 2.05) is 6.92 Å². The van der Waals surface area contributed by atoms with Gasteiger partial charge in [-0.2, -0.15) is 0 Å². The number of nitrogens with zero attached hydrogens (tertiary/aromatic N) is 2. The molecule has 4 N–H and O–H groups in total. The third-order valence-electron chi connectivity index (χ3n) is 3.19. The second-order valence-electron chi connectivity index (χ2n) is 4.66. The minimum Gasteiger partial charge on any atom is -0.409 e. The molecule has 1 fully saturated rings. The Balaban J connectivity index is 2.78. The highest BCUT2D eigenvalue weighted by Gasteiger charge is 2.35. The van der Waals surface area contributed by atoms with Crippen molar-refractivity contribution in [3.63, 3.8) is 0 Å². The first-order chi connectivity index (χ1) is 9.52. The van der Waals surface area contributed by atoms with Gasteiger partial charge in [0, 0.05) is 13.1 Å². The first-order valence-electron chi connectivity index (χ1n) is 6.66. The summed E-state index contributed by atoms with van der Waals surface area (Å²) in [5.41, 5.74) is 5.45. The third-order valence-corrected chi connectivity index (χ3v) is 3.19. The molecule has 2 unspecified atom stereocenters. The van der Waals surface area contributed by atoms with Gasteiger partial charge in [0.25, 0.3) is 0 Å². The number of carbonyl (C=O) groups excluding carboxylic acids is 2. The van der Waals surface area contributed by atoms with Crippen molar-refractivity contribution in [3.05, 3.63) is 0 Å². The summed E-state index contributed by atoms with van der Waals surface area (Å²) in [5.74, 6) is -1.54. The first kappa shape index (κ1) is 16.2. The second-order valence-corrected chi connectivity index (χ2v) is 4.66. The van der Waals surface area contributed by atoms with Crippen LogP contribution in [0.2, 0.25) is 0 Å². The van der Waals surface area contributed by atoms with Crippen molar-refractivity contribution in [3.8, 4) is 0 Å². The normalized spacial score (nSPS) is 21.4. The largest absolute Gasteiger partial charge is 0.409 e. The SMILES string of the molecule is CCCNC(=O)C1COCCN1C(=O)C(C)C(N)=NO. The summed E-state index contributed by atoms with van der Waals surface area (Å²) in [4.78, 5) is 25.8. The maximum absolute atomic E-state index is 12.3. The number of nitrogens with one attached hydrogen (secondary N) is 1. The zero-order valence-electron chi connectivity index (χ0n) is 11.8. The van der Waals surface area contributed by atoms with Crippen LogP contribution in [-0.2, 0) is 14.3 Å². The highest BCUT2D eigenvalue weighted by Crippen LogP contribution is 2.12. The van der Waals surface area contributed by atoms with Gasteiger partial charge in [0.2, 0.25) is 11.8 Å². The van der Waals surface area contributed by atoms with Crippen LogP contribution in [-0.4, -0.2) is 60.1 Å². The van der Waals surface area contributed by atoms with Gasteiger partial charge in [-0.25, -0.2) is 0 Å². The minimum absolute atomic E-state index is 0.157. The summed E-state index contributed by atoms with van der Waals surface area (Å²) in [6.07, 6.45) is 0.813. The van der Waals surface area contributed by atoms with E-state index in [2.05, 4.69) is 10.5 Å². The van der Waals surface area contributed by atoms with E-state index in [4.69, 9.17) is 15.7 Å². The third kappa shape index (κ3) is 3.83. The first-order valence-corrected chi connectivity index (χ1v) is 6.66. The average molecular weight is 286 g/mol. The molecule has 114 valence electrons. The van der Waals surface area contributed by atoms with Gasteiger partial charge in [-0.3, -0.25) is 9.59 Å². The molecule has 2 amide bonds. The molecule has 2 atom stereocenters. The summed E-state index contributed by atoms with van der Waals surface area (Å²) >= 11 is 0. The van der Waals surface area contributed by atoms with Crippen LogP contribution in [0.25, 0.3) is 0 Å². The van der Waals surface area contributed by atoms with E-state index in [9.17, 15) is 9.59 Å². The topological polar surface area (TPSA) is 117 Å². The minimum atomic E-state index is -0.778. The lowest BCUT2D eigenvalue weighted by atomic mass is 10.1. The van der Waals surface area contributed by atoms with Crippen LogP contribution < -0.4 is 11.1 Å². The molecule has 0 bridgehead atoms. The number of nitrogens with two attached hydrogens (primary N) is 1. The fraction of sp³-hybridized carbons (Fsp3) is 0.750. The van der Waals surface area contributed by atoms with Gasteiger partial charge >= 0.3 is 0 Å². The van der Waals surface area contributed by atoms with Gasteiger partial charge in [-0.1, -0.05) is 12.1 Å². The lowest BCUT2D eigenvalue weighted by molar-refractivity contribution is -0.149. The Bertz CT molecular complexity index is 386. The van der Waals surface area contributed by atoms with E-state index in [1.165, 1.54) is 11.8 Å². The second kappa shape index (κ2) is 7.68. The number of amidine groups is 1. The highest BCUT2D eigenvalue weighted by molar-refractivity contribution is 6.03. The maximum Gasteiger partial charge on any atom is 0.245 e. The van der Waals surface area contributed by atoms with Gasteiger partial charge in [-0.05, 0) is 13.3 Å². The number of hydrogen-bond acceptors (Lipinski definition) is 5. The zero-order valence-corrected chi connectivity index (χ0v) is 11.8. The van der Waals surface area contributed by atoms with Gasteiger partial charge in [0.05, 0.1) is 19.1 Å². The fourth-order valence-corrected chi connectivity index (χ4v) is 1.91. The molecule has 0 spiro atoms. The number of morpholine rings is 1. The van der Waals surface area contributed by atoms with E-state index in [0.717, 1.165) is 6.42 Å². The molecule has 0 aromatic rings. The molecule has 0 radical (unpaired) electrons. The molecule has 1 saturated heterocycles. The van der Waals surface area contributed by atoms with E-state index < -0.39 is 12.0 Å². The van der Waals surface area contributed by atoms with Gasteiger partial charge in [0.1, 0.15) is 6.04 Å². The van der Waals surface area contributed by atoms with Gasteiger partial charge < -0.3 is 25.9 Å². The van der Waals surface area contributed by atoms with Crippen LogP contribution in [0, 0.1) is 5.92 Å². The molecule has 1 rings (SSSR count). The Morgan fingerprint density at radius 1 is 1.60 bits per heavy atom. The number of amides is 2. The number of ether oxygens (including phenoxy) is 1. The standard InChI is InChI=1S/C12H22N4O4/c1-3-4-14-11(17)9-7-20-6-5-16(9)12(18)8(2)10(13)15-19/h8-9,19H,3-7H2,1-2H3,(H2,13,15)(H,14,17). The van der Waals surface area contributed by atoms with E-state index >= 15 is 0 Å². The lowest BCUT2D eigenvalue weighted by Gasteiger charge is -2.35. The molecule has 20 heavy (non-hydrogen) atoms. The van der Waals surface area contributed by atoms with Gasteiger partial charge in [-0.15, -0.1) is 0 Å². The predicted octanol–water partition coefficient (Wildman–Crippen LogP) is -0.877. The molecule has 0 saturated carbocycles. The van der Waals surface area contributed by atoms with Crippen LogP contribution in [0.15, 0.2) is 5.16 Å². The molecule has 0 aromatic heterocycles. The quantitative estimate of drug-likeness (QED) is 0.263. The Morgan fingerprint density at radius 3 is 2.90 bits per heavy atom. The van der Waals surface area contributed by atoms with Crippen LogP contribution in [0.5, 0.6) is 0 Å². The molecule has 1 aliphatic heterocycles. The van der Waals surface area contributed by atoms with Crippen LogP contribution >= 0.6 is 0 Å². The van der Waals surface area contributed by atoms with E-state index in [-0.39, 0.29) is 24.3 Å². The molecular formula is C12H22N4O4. The Hall–Kier alpha value is -1.83. The summed E-state index contributed by atoms with van der Waals surface area (Å²) in [7, 11) is 0. The molecular weight excluding hydrogens is 264 g/mol. The van der Waals surface area contributed by atoms with Crippen molar-refractivity contribution in [2.75, 3.05) is 26.3 Å². The van der Waals surface area contributed by atoms with Crippen molar-refractivity contribution in [1.82, 2.24) is 10.2 Å². The van der Waals surface area contributed by atoms with Crippen molar-refractivity contribution in [2.45, 2.75) is 26.3 Å². The summed E-state index contributed by atoms with van der Waals surface area (Å²) in [6.45, 7) is 4.87. The maximum atomic E-state index is 12.3. The van der Waals surface area contributed by atoms with E-state index in [1.54, 1.807) is 0 Å². The number of carbonyl (C=O) groups is 2. The Morgan fingerprint density at radius 2 is 2.30 bits per heavy atom. The van der Waals surface area contributed by atoms with Gasteiger partial charge in [0.15, 0.2) is 5.84 Å². The summed E-state index contributed by atoms with van der Waals surface area (Å²) in [6, 6.07) is -0.670. The molecule has 8 nitrogen and oxygen atoms in total. The smallest absolute Gasteiger partial charge is 0.245 e. The van der Waals surface area contributed by atoms with Crippen LogP contribution in [0.3, 0.4) is 0 Å². The monoisotopic (exact) mass is 286 g/mol. The number of hydrogen-bond donors (Lipinski definition) is 3. The predicted molar refractivity (Wildman–Crippen MR) is 72.2 cm³/mol. The molecule has 0 aromatic carbocycles. The highest BCUT2D eigenvalue weighted by atomic mass is 16.5. The van der Waals surface area contributed by atoms with Crippen LogP contribution in [0.1, 0.15) is 20.3 Å². The Labute approximate surface area is 117 Å². The van der Waals surface area contributed by atoms with Crippen molar-refractivity contribution in [2.24, 2.45) is 16.8 Å². The summed E-state index contributed by atoms with van der Waals surface area (Å²) < 4.78 is 5.26. The molecule has 0 aliphatic carbocycles. The van der Waals surface area contributed by atoms with E-state index in [0.29, 0.717) is 19.7 Å². The molecule has 8 heteroatoms. The zero-order chi connectivity index (χ0) is 15.1. The van der Waals surface area contributed by atoms with Crippen molar-refractivity contribution in [1.29, 1.82) is 0 Å². The summed E-state index contributed by atoms with van der Waals surface area (Å²) in [5, 5.41) is 14.2. The van der Waals surface area contributed by atoms with Crippen LogP contribution in [0.4, 0.5) is 0 Å². The fourth-order valence-electron chi connectivity index (χ4n) is 1.91. The lowest BCUT2D eigenvalue weighted by Crippen LogP contribution is -2.58. The average Bonchev–Trinajstić information content (AvgIpc) is 2.50. The number of rotatable bonds is 5. The molecule has 1 aliphatic rings. The van der Waals surface area contributed by atoms with Crippen molar-refractivity contribution < 1.29 is 19.5 Å². The number of oxime groups is 1. The molecule has 1 heterocycles.